The maximum atomic E-state index is 11.9. The fourth-order valence-electron chi connectivity index (χ4n) is 2.69. The highest BCUT2D eigenvalue weighted by Crippen LogP contribution is 2.25. The second-order valence-corrected chi connectivity index (χ2v) is 9.26. The minimum absolute atomic E-state index is 0.0198. The SMILES string of the molecule is CN(C)C(=O)CN=C(NCCc1csc(C(C)(C)C)n1)NCCN1CCOCC1. The summed E-state index contributed by atoms with van der Waals surface area (Å²) in [5.74, 6) is 0.647. The Labute approximate surface area is 178 Å². The molecule has 1 aliphatic rings. The van der Waals surface area contributed by atoms with Gasteiger partial charge in [-0.2, -0.15) is 0 Å². The van der Waals surface area contributed by atoms with Crippen molar-refractivity contribution in [2.75, 3.05) is 66.6 Å². The molecule has 2 N–H and O–H groups in total. The van der Waals surface area contributed by atoms with Gasteiger partial charge in [0.1, 0.15) is 6.54 Å². The minimum Gasteiger partial charge on any atom is -0.379 e. The maximum Gasteiger partial charge on any atom is 0.243 e. The van der Waals surface area contributed by atoms with Crippen molar-refractivity contribution in [1.82, 2.24) is 25.4 Å². The van der Waals surface area contributed by atoms with E-state index in [4.69, 9.17) is 9.72 Å². The van der Waals surface area contributed by atoms with Crippen LogP contribution < -0.4 is 10.6 Å². The van der Waals surface area contributed by atoms with Gasteiger partial charge < -0.3 is 20.3 Å². The van der Waals surface area contributed by atoms with E-state index in [9.17, 15) is 4.79 Å². The van der Waals surface area contributed by atoms with Gasteiger partial charge >= 0.3 is 0 Å². The number of morpholine rings is 1. The lowest BCUT2D eigenvalue weighted by Gasteiger charge is -2.26. The number of ether oxygens (including phenoxy) is 1. The molecule has 0 bridgehead atoms. The van der Waals surface area contributed by atoms with Crippen LogP contribution in [0.2, 0.25) is 0 Å². The van der Waals surface area contributed by atoms with Crippen LogP contribution in [0.25, 0.3) is 0 Å². The molecule has 1 aliphatic heterocycles. The van der Waals surface area contributed by atoms with E-state index in [-0.39, 0.29) is 17.9 Å². The molecule has 2 rings (SSSR count). The number of likely N-dealkylation sites (N-methyl/N-ethyl adjacent to an activating group) is 1. The monoisotopic (exact) mass is 424 g/mol. The Morgan fingerprint density at radius 3 is 2.59 bits per heavy atom. The van der Waals surface area contributed by atoms with E-state index in [1.54, 1.807) is 30.3 Å². The molecule has 8 nitrogen and oxygen atoms in total. The van der Waals surface area contributed by atoms with E-state index < -0.39 is 0 Å². The summed E-state index contributed by atoms with van der Waals surface area (Å²) in [5.41, 5.74) is 1.17. The summed E-state index contributed by atoms with van der Waals surface area (Å²) in [6, 6.07) is 0. The van der Waals surface area contributed by atoms with Crippen LogP contribution in [0, 0.1) is 0 Å². The van der Waals surface area contributed by atoms with Crippen molar-refractivity contribution in [1.29, 1.82) is 0 Å². The number of hydrogen-bond donors (Lipinski definition) is 2. The molecule has 164 valence electrons. The van der Waals surface area contributed by atoms with Crippen molar-refractivity contribution >= 4 is 23.2 Å². The quantitative estimate of drug-likeness (QED) is 0.477. The van der Waals surface area contributed by atoms with Gasteiger partial charge in [-0.1, -0.05) is 20.8 Å². The highest BCUT2D eigenvalue weighted by molar-refractivity contribution is 7.09. The molecule has 1 fully saturated rings. The molecular weight excluding hydrogens is 388 g/mol. The molecule has 0 spiro atoms. The van der Waals surface area contributed by atoms with Crippen molar-refractivity contribution in [3.05, 3.63) is 16.1 Å². The second kappa shape index (κ2) is 11.5. The number of aliphatic imine (C=N–C) groups is 1. The molecular formula is C20H36N6O2S. The van der Waals surface area contributed by atoms with Crippen molar-refractivity contribution in [3.8, 4) is 0 Å². The first-order valence-electron chi connectivity index (χ1n) is 10.2. The van der Waals surface area contributed by atoms with Crippen molar-refractivity contribution in [2.45, 2.75) is 32.6 Å². The average molecular weight is 425 g/mol. The number of guanidine groups is 1. The van der Waals surface area contributed by atoms with Crippen LogP contribution in [0.3, 0.4) is 0 Å². The van der Waals surface area contributed by atoms with Crippen LogP contribution in [-0.4, -0.2) is 93.2 Å². The largest absolute Gasteiger partial charge is 0.379 e. The molecule has 0 saturated carbocycles. The Morgan fingerprint density at radius 1 is 1.28 bits per heavy atom. The van der Waals surface area contributed by atoms with Gasteiger partial charge in [-0.05, 0) is 0 Å². The Bertz CT molecular complexity index is 662. The molecule has 2 heterocycles. The fourth-order valence-corrected chi connectivity index (χ4v) is 3.64. The Hall–Kier alpha value is -1.71. The van der Waals surface area contributed by atoms with Gasteiger partial charge in [-0.15, -0.1) is 11.3 Å². The molecule has 0 atom stereocenters. The zero-order chi connectivity index (χ0) is 21.3. The highest BCUT2D eigenvalue weighted by Gasteiger charge is 2.18. The molecule has 0 unspecified atom stereocenters. The normalized spacial score (nSPS) is 16.0. The number of thiazole rings is 1. The van der Waals surface area contributed by atoms with Crippen LogP contribution in [0.1, 0.15) is 31.5 Å². The lowest BCUT2D eigenvalue weighted by atomic mass is 9.98. The van der Waals surface area contributed by atoms with Crippen LogP contribution in [0.4, 0.5) is 0 Å². The summed E-state index contributed by atoms with van der Waals surface area (Å²) in [4.78, 5) is 25.0. The summed E-state index contributed by atoms with van der Waals surface area (Å²) in [6.45, 7) is 12.6. The number of nitrogens with zero attached hydrogens (tertiary/aromatic N) is 4. The van der Waals surface area contributed by atoms with Crippen LogP contribution in [0.15, 0.2) is 10.4 Å². The number of aromatic nitrogens is 1. The lowest BCUT2D eigenvalue weighted by molar-refractivity contribution is -0.127. The van der Waals surface area contributed by atoms with Gasteiger partial charge in [-0.25, -0.2) is 9.98 Å². The van der Waals surface area contributed by atoms with E-state index in [0.29, 0.717) is 12.5 Å². The van der Waals surface area contributed by atoms with Crippen molar-refractivity contribution in [3.63, 3.8) is 0 Å². The van der Waals surface area contributed by atoms with Crippen LogP contribution >= 0.6 is 11.3 Å². The predicted molar refractivity (Wildman–Crippen MR) is 119 cm³/mol. The van der Waals surface area contributed by atoms with Crippen LogP contribution in [0.5, 0.6) is 0 Å². The van der Waals surface area contributed by atoms with Crippen molar-refractivity contribution in [2.24, 2.45) is 4.99 Å². The first-order valence-corrected chi connectivity index (χ1v) is 11.1. The molecule has 9 heteroatoms. The zero-order valence-electron chi connectivity index (χ0n) is 18.5. The Morgan fingerprint density at radius 2 is 1.97 bits per heavy atom. The second-order valence-electron chi connectivity index (χ2n) is 8.40. The first-order chi connectivity index (χ1) is 13.8. The standard InChI is InChI=1S/C20H36N6O2S/c1-20(2,3)18-24-16(15-29-18)6-7-21-19(23-14-17(27)25(4)5)22-8-9-26-10-12-28-13-11-26/h15H,6-14H2,1-5H3,(H2,21,22,23). The highest BCUT2D eigenvalue weighted by atomic mass is 32.1. The zero-order valence-corrected chi connectivity index (χ0v) is 19.3. The lowest BCUT2D eigenvalue weighted by Crippen LogP contribution is -2.45. The Kier molecular flexibility index (Phi) is 9.32. The van der Waals surface area contributed by atoms with Gasteiger partial charge in [0, 0.05) is 64.0 Å². The molecule has 0 aliphatic carbocycles. The molecule has 1 saturated heterocycles. The molecule has 0 radical (unpaired) electrons. The Balaban J connectivity index is 1.83. The molecule has 0 aromatic carbocycles. The smallest absolute Gasteiger partial charge is 0.243 e. The number of hydrogen-bond acceptors (Lipinski definition) is 6. The summed E-state index contributed by atoms with van der Waals surface area (Å²) in [5, 5.41) is 9.96. The van der Waals surface area contributed by atoms with Gasteiger partial charge in [-0.3, -0.25) is 9.69 Å². The topological polar surface area (TPSA) is 82.1 Å². The number of nitrogens with one attached hydrogen (secondary N) is 2. The van der Waals surface area contributed by atoms with E-state index in [1.165, 1.54) is 0 Å². The third-order valence-electron chi connectivity index (χ3n) is 4.56. The van der Waals surface area contributed by atoms with E-state index in [2.05, 4.69) is 46.7 Å². The van der Waals surface area contributed by atoms with Gasteiger partial charge in [0.25, 0.3) is 0 Å². The number of carbonyl (C=O) groups excluding carboxylic acids is 1. The van der Waals surface area contributed by atoms with Gasteiger partial charge in [0.2, 0.25) is 5.91 Å². The van der Waals surface area contributed by atoms with E-state index in [1.807, 2.05) is 0 Å². The first kappa shape index (κ1) is 23.6. The maximum absolute atomic E-state index is 11.9. The fraction of sp³-hybridized carbons (Fsp3) is 0.750. The predicted octanol–water partition coefficient (Wildman–Crippen LogP) is 0.939. The number of rotatable bonds is 8. The minimum atomic E-state index is -0.0198. The van der Waals surface area contributed by atoms with E-state index in [0.717, 1.165) is 56.5 Å². The number of amides is 1. The molecule has 1 amide bonds. The van der Waals surface area contributed by atoms with Gasteiger partial charge in [0.15, 0.2) is 5.96 Å². The summed E-state index contributed by atoms with van der Waals surface area (Å²) in [7, 11) is 3.48. The summed E-state index contributed by atoms with van der Waals surface area (Å²) >= 11 is 1.71. The third-order valence-corrected chi connectivity index (χ3v) is 5.88. The molecule has 1 aromatic rings. The third kappa shape index (κ3) is 8.67. The number of carbonyl (C=O) groups is 1. The molecule has 29 heavy (non-hydrogen) atoms. The summed E-state index contributed by atoms with van der Waals surface area (Å²) in [6.07, 6.45) is 0.818. The van der Waals surface area contributed by atoms with Gasteiger partial charge in [0.05, 0.1) is 23.9 Å². The van der Waals surface area contributed by atoms with Crippen LogP contribution in [-0.2, 0) is 21.4 Å². The van der Waals surface area contributed by atoms with E-state index >= 15 is 0 Å². The summed E-state index contributed by atoms with van der Waals surface area (Å²) < 4.78 is 5.39. The average Bonchev–Trinajstić information content (AvgIpc) is 3.15. The molecule has 1 aromatic heterocycles. The van der Waals surface area contributed by atoms with Crippen molar-refractivity contribution < 1.29 is 9.53 Å².